The number of esters is 1. The van der Waals surface area contributed by atoms with Crippen molar-refractivity contribution in [2.75, 3.05) is 37.8 Å². The first-order valence-electron chi connectivity index (χ1n) is 9.36. The smallest absolute Gasteiger partial charge is 0.341 e. The molecule has 0 unspecified atom stereocenters. The number of anilines is 1. The highest BCUT2D eigenvalue weighted by molar-refractivity contribution is 5.92. The van der Waals surface area contributed by atoms with Crippen molar-refractivity contribution in [2.45, 2.75) is 6.92 Å². The van der Waals surface area contributed by atoms with Crippen LogP contribution in [0.1, 0.15) is 17.3 Å². The summed E-state index contributed by atoms with van der Waals surface area (Å²) >= 11 is 0. The summed E-state index contributed by atoms with van der Waals surface area (Å²) in [5.41, 5.74) is 3.41. The van der Waals surface area contributed by atoms with Crippen molar-refractivity contribution in [2.24, 2.45) is 0 Å². The second-order valence-electron chi connectivity index (χ2n) is 6.41. The number of aromatic nitrogens is 3. The molecule has 3 aromatic rings. The van der Waals surface area contributed by atoms with Crippen LogP contribution in [0.4, 0.5) is 5.69 Å². The maximum Gasteiger partial charge on any atom is 0.341 e. The molecular formula is C21H22N4O3. The Morgan fingerprint density at radius 3 is 2.68 bits per heavy atom. The van der Waals surface area contributed by atoms with E-state index in [-0.39, 0.29) is 0 Å². The topological polar surface area (TPSA) is 69.5 Å². The first kappa shape index (κ1) is 18.2. The van der Waals surface area contributed by atoms with E-state index in [1.165, 1.54) is 5.69 Å². The Bertz CT molecular complexity index is 946. The highest BCUT2D eigenvalue weighted by atomic mass is 16.5. The lowest BCUT2D eigenvalue weighted by atomic mass is 10.1. The molecule has 0 bridgehead atoms. The molecule has 0 spiro atoms. The van der Waals surface area contributed by atoms with Gasteiger partial charge < -0.3 is 14.4 Å². The van der Waals surface area contributed by atoms with E-state index in [0.717, 1.165) is 37.6 Å². The van der Waals surface area contributed by atoms with Gasteiger partial charge in [0, 0.05) is 36.7 Å². The number of hydrogen-bond donors (Lipinski definition) is 0. The van der Waals surface area contributed by atoms with E-state index >= 15 is 0 Å². The first-order valence-corrected chi connectivity index (χ1v) is 9.36. The van der Waals surface area contributed by atoms with Crippen molar-refractivity contribution in [1.82, 2.24) is 14.5 Å². The van der Waals surface area contributed by atoms with Crippen LogP contribution in [0.15, 0.2) is 55.1 Å². The van der Waals surface area contributed by atoms with E-state index in [1.807, 2.05) is 6.20 Å². The number of ether oxygens (including phenoxy) is 2. The van der Waals surface area contributed by atoms with Crippen LogP contribution < -0.4 is 4.90 Å². The third-order valence-electron chi connectivity index (χ3n) is 4.65. The average Bonchev–Trinajstić information content (AvgIpc) is 3.25. The van der Waals surface area contributed by atoms with Gasteiger partial charge in [0.25, 0.3) is 0 Å². The Balaban J connectivity index is 1.57. The summed E-state index contributed by atoms with van der Waals surface area (Å²) in [6.45, 7) is 5.44. The number of carbonyl (C=O) groups is 1. The third kappa shape index (κ3) is 3.75. The molecule has 144 valence electrons. The van der Waals surface area contributed by atoms with Gasteiger partial charge in [-0.3, -0.25) is 4.57 Å². The average molecular weight is 378 g/mol. The number of carbonyl (C=O) groups excluding carboxylic acids is 1. The Hall–Kier alpha value is -3.19. The molecule has 0 N–H and O–H groups in total. The molecular weight excluding hydrogens is 356 g/mol. The lowest BCUT2D eigenvalue weighted by molar-refractivity contribution is 0.0526. The summed E-state index contributed by atoms with van der Waals surface area (Å²) in [6.07, 6.45) is 5.18. The van der Waals surface area contributed by atoms with Crippen LogP contribution in [0.3, 0.4) is 0 Å². The molecule has 0 saturated carbocycles. The Kier molecular flexibility index (Phi) is 5.34. The molecule has 1 aromatic carbocycles. The molecule has 0 atom stereocenters. The van der Waals surface area contributed by atoms with E-state index in [1.54, 1.807) is 36.1 Å². The molecule has 1 aliphatic heterocycles. The monoisotopic (exact) mass is 378 g/mol. The van der Waals surface area contributed by atoms with Crippen LogP contribution in [0.5, 0.6) is 0 Å². The lowest BCUT2D eigenvalue weighted by Gasteiger charge is -2.28. The van der Waals surface area contributed by atoms with Crippen molar-refractivity contribution in [3.63, 3.8) is 0 Å². The molecule has 28 heavy (non-hydrogen) atoms. The summed E-state index contributed by atoms with van der Waals surface area (Å²) in [5, 5.41) is 0. The fourth-order valence-electron chi connectivity index (χ4n) is 3.22. The molecule has 0 amide bonds. The highest BCUT2D eigenvalue weighted by Gasteiger charge is 2.16. The molecule has 0 radical (unpaired) electrons. The zero-order valence-electron chi connectivity index (χ0n) is 15.7. The standard InChI is InChI=1S/C21H22N4O3/c1-2-28-21(26)18-4-3-9-22-20(18)25-14-19(23-15-25)16-5-7-17(8-6-16)24-10-12-27-13-11-24/h3-9,14-15H,2,10-13H2,1H3. The number of benzene rings is 1. The number of imidazole rings is 1. The number of pyridine rings is 1. The maximum absolute atomic E-state index is 12.2. The van der Waals surface area contributed by atoms with Crippen molar-refractivity contribution < 1.29 is 14.3 Å². The summed E-state index contributed by atoms with van der Waals surface area (Å²) < 4.78 is 12.3. The van der Waals surface area contributed by atoms with Crippen LogP contribution in [0, 0.1) is 0 Å². The normalized spacial score (nSPS) is 14.1. The summed E-state index contributed by atoms with van der Waals surface area (Å²) in [6, 6.07) is 11.7. The largest absolute Gasteiger partial charge is 0.462 e. The Morgan fingerprint density at radius 1 is 1.14 bits per heavy atom. The van der Waals surface area contributed by atoms with Gasteiger partial charge in [-0.1, -0.05) is 12.1 Å². The van der Waals surface area contributed by atoms with Crippen LogP contribution >= 0.6 is 0 Å². The number of nitrogens with zero attached hydrogens (tertiary/aromatic N) is 4. The van der Waals surface area contributed by atoms with Crippen molar-refractivity contribution >= 4 is 11.7 Å². The number of morpholine rings is 1. The zero-order valence-corrected chi connectivity index (χ0v) is 15.7. The molecule has 4 rings (SSSR count). The predicted octanol–water partition coefficient (Wildman–Crippen LogP) is 2.95. The quantitative estimate of drug-likeness (QED) is 0.636. The molecule has 0 aliphatic carbocycles. The Labute approximate surface area is 163 Å². The molecule has 1 fully saturated rings. The molecule has 3 heterocycles. The van der Waals surface area contributed by atoms with Crippen LogP contribution in [-0.2, 0) is 9.47 Å². The second-order valence-corrected chi connectivity index (χ2v) is 6.41. The van der Waals surface area contributed by atoms with Gasteiger partial charge in [-0.2, -0.15) is 0 Å². The minimum atomic E-state index is -0.393. The maximum atomic E-state index is 12.2. The van der Waals surface area contributed by atoms with Crippen molar-refractivity contribution in [1.29, 1.82) is 0 Å². The molecule has 1 aliphatic rings. The van der Waals surface area contributed by atoms with Gasteiger partial charge in [0.1, 0.15) is 11.9 Å². The second kappa shape index (κ2) is 8.22. The van der Waals surface area contributed by atoms with Gasteiger partial charge in [0.15, 0.2) is 5.82 Å². The predicted molar refractivity (Wildman–Crippen MR) is 106 cm³/mol. The number of hydrogen-bond acceptors (Lipinski definition) is 6. The number of rotatable bonds is 5. The van der Waals surface area contributed by atoms with E-state index in [0.29, 0.717) is 18.0 Å². The molecule has 7 heteroatoms. The molecule has 2 aromatic heterocycles. The fraction of sp³-hybridized carbons (Fsp3) is 0.286. The van der Waals surface area contributed by atoms with E-state index in [9.17, 15) is 4.79 Å². The lowest BCUT2D eigenvalue weighted by Crippen LogP contribution is -2.36. The van der Waals surface area contributed by atoms with Crippen LogP contribution in [0.2, 0.25) is 0 Å². The van der Waals surface area contributed by atoms with Crippen LogP contribution in [0.25, 0.3) is 17.1 Å². The highest BCUT2D eigenvalue weighted by Crippen LogP contribution is 2.24. The van der Waals surface area contributed by atoms with Gasteiger partial charge >= 0.3 is 5.97 Å². The Morgan fingerprint density at radius 2 is 1.93 bits per heavy atom. The van der Waals surface area contributed by atoms with E-state index < -0.39 is 5.97 Å². The zero-order chi connectivity index (χ0) is 19.3. The van der Waals surface area contributed by atoms with E-state index in [4.69, 9.17) is 9.47 Å². The van der Waals surface area contributed by atoms with E-state index in [2.05, 4.69) is 39.1 Å². The van der Waals surface area contributed by atoms with Gasteiger partial charge in [-0.05, 0) is 31.2 Å². The molecule has 7 nitrogen and oxygen atoms in total. The van der Waals surface area contributed by atoms with Crippen molar-refractivity contribution in [3.8, 4) is 17.1 Å². The van der Waals surface area contributed by atoms with Gasteiger partial charge in [-0.15, -0.1) is 0 Å². The third-order valence-corrected chi connectivity index (χ3v) is 4.65. The summed E-state index contributed by atoms with van der Waals surface area (Å²) in [7, 11) is 0. The summed E-state index contributed by atoms with van der Waals surface area (Å²) in [5.74, 6) is 0.111. The molecule has 1 saturated heterocycles. The minimum absolute atomic E-state index is 0.317. The van der Waals surface area contributed by atoms with Gasteiger partial charge in [-0.25, -0.2) is 14.8 Å². The van der Waals surface area contributed by atoms with Crippen LogP contribution in [-0.4, -0.2) is 53.4 Å². The van der Waals surface area contributed by atoms with Gasteiger partial charge in [0.2, 0.25) is 0 Å². The fourth-order valence-corrected chi connectivity index (χ4v) is 3.22. The summed E-state index contributed by atoms with van der Waals surface area (Å²) in [4.78, 5) is 23.3. The SMILES string of the molecule is CCOC(=O)c1cccnc1-n1cnc(-c2ccc(N3CCOCC3)cc2)c1. The van der Waals surface area contributed by atoms with Crippen molar-refractivity contribution in [3.05, 3.63) is 60.7 Å². The minimum Gasteiger partial charge on any atom is -0.462 e. The first-order chi connectivity index (χ1) is 13.8. The van der Waals surface area contributed by atoms with Gasteiger partial charge in [0.05, 0.1) is 25.5 Å².